The van der Waals surface area contributed by atoms with Crippen LogP contribution in [0.25, 0.3) is 0 Å². The predicted octanol–water partition coefficient (Wildman–Crippen LogP) is 2.68. The number of rotatable bonds is 7. The fraction of sp³-hybridized carbons (Fsp3) is 0.278. The van der Waals surface area contributed by atoms with Crippen LogP contribution in [0.2, 0.25) is 0 Å². The monoisotopic (exact) mass is 364 g/mol. The van der Waals surface area contributed by atoms with Gasteiger partial charge in [0.1, 0.15) is 5.82 Å². The Morgan fingerprint density at radius 1 is 1.04 bits per heavy atom. The van der Waals surface area contributed by atoms with Gasteiger partial charge in [-0.3, -0.25) is 4.79 Å². The van der Waals surface area contributed by atoms with Gasteiger partial charge in [0.05, 0.1) is 18.3 Å². The molecule has 2 atom stereocenters. The van der Waals surface area contributed by atoms with Gasteiger partial charge in [-0.25, -0.2) is 17.5 Å². The van der Waals surface area contributed by atoms with Crippen molar-refractivity contribution >= 4 is 15.9 Å². The summed E-state index contributed by atoms with van der Waals surface area (Å²) in [6.07, 6.45) is 0.934. The Bertz CT molecular complexity index is 808. The molecule has 1 amide bonds. The van der Waals surface area contributed by atoms with Gasteiger partial charge in [-0.15, -0.1) is 0 Å². The molecule has 0 heterocycles. The number of amides is 1. The number of sulfonamides is 1. The van der Waals surface area contributed by atoms with Crippen LogP contribution in [-0.4, -0.2) is 20.6 Å². The van der Waals surface area contributed by atoms with Crippen LogP contribution in [0.4, 0.5) is 4.39 Å². The van der Waals surface area contributed by atoms with Gasteiger partial charge < -0.3 is 5.32 Å². The summed E-state index contributed by atoms with van der Waals surface area (Å²) in [7, 11) is -3.53. The molecule has 0 unspecified atom stereocenters. The first-order valence-corrected chi connectivity index (χ1v) is 9.71. The van der Waals surface area contributed by atoms with Crippen molar-refractivity contribution in [3.8, 4) is 0 Å². The summed E-state index contributed by atoms with van der Waals surface area (Å²) in [5.74, 6) is -0.731. The zero-order valence-corrected chi connectivity index (χ0v) is 14.9. The number of halogens is 1. The van der Waals surface area contributed by atoms with Crippen LogP contribution in [0.1, 0.15) is 36.6 Å². The Hall–Kier alpha value is -2.25. The molecular weight excluding hydrogens is 343 g/mol. The molecule has 0 aromatic heterocycles. The summed E-state index contributed by atoms with van der Waals surface area (Å²) in [5.41, 5.74) is 1.47. The van der Waals surface area contributed by atoms with E-state index in [0.717, 1.165) is 11.8 Å². The third-order valence-corrected chi connectivity index (χ3v) is 4.41. The lowest BCUT2D eigenvalue weighted by molar-refractivity contribution is -0.122. The summed E-state index contributed by atoms with van der Waals surface area (Å²) >= 11 is 0. The maximum Gasteiger partial charge on any atom is 0.222 e. The Morgan fingerprint density at radius 3 is 2.20 bits per heavy atom. The van der Waals surface area contributed by atoms with Crippen molar-refractivity contribution in [2.75, 3.05) is 6.26 Å². The molecule has 0 spiro atoms. The maximum absolute atomic E-state index is 13.1. The number of carbonyl (C=O) groups is 1. The molecule has 0 aliphatic carbocycles. The highest BCUT2D eigenvalue weighted by molar-refractivity contribution is 7.88. The van der Waals surface area contributed by atoms with Crippen LogP contribution in [0.5, 0.6) is 0 Å². The molecule has 0 aliphatic heterocycles. The topological polar surface area (TPSA) is 75.3 Å². The van der Waals surface area contributed by atoms with E-state index in [-0.39, 0.29) is 18.4 Å². The van der Waals surface area contributed by atoms with E-state index in [1.54, 1.807) is 0 Å². The van der Waals surface area contributed by atoms with E-state index in [1.807, 2.05) is 37.3 Å². The van der Waals surface area contributed by atoms with Gasteiger partial charge in [-0.1, -0.05) is 42.5 Å². The second-order valence-corrected chi connectivity index (χ2v) is 7.68. The van der Waals surface area contributed by atoms with E-state index < -0.39 is 21.9 Å². The lowest BCUT2D eigenvalue weighted by atomic mass is 10.0. The minimum Gasteiger partial charge on any atom is -0.350 e. The Labute approximate surface area is 147 Å². The van der Waals surface area contributed by atoms with Crippen molar-refractivity contribution in [2.24, 2.45) is 0 Å². The standard InChI is InChI=1S/C18H21FN2O3S/c1-13(14-6-4-3-5-7-14)20-18(22)12-17(21-25(2,23)24)15-8-10-16(19)11-9-15/h3-11,13,17,21H,12H2,1-2H3,(H,20,22)/t13-,17-/m0/s1. The third-order valence-electron chi connectivity index (χ3n) is 3.70. The van der Waals surface area contributed by atoms with E-state index in [9.17, 15) is 17.6 Å². The highest BCUT2D eigenvalue weighted by atomic mass is 32.2. The van der Waals surface area contributed by atoms with Gasteiger partial charge in [0, 0.05) is 6.42 Å². The van der Waals surface area contributed by atoms with Gasteiger partial charge in [0.25, 0.3) is 0 Å². The Morgan fingerprint density at radius 2 is 1.64 bits per heavy atom. The van der Waals surface area contributed by atoms with E-state index >= 15 is 0 Å². The summed E-state index contributed by atoms with van der Waals surface area (Å²) < 4.78 is 38.7. The van der Waals surface area contributed by atoms with Gasteiger partial charge >= 0.3 is 0 Å². The molecule has 2 rings (SSSR count). The molecule has 0 aliphatic rings. The number of nitrogens with one attached hydrogen (secondary N) is 2. The van der Waals surface area contributed by atoms with Crippen molar-refractivity contribution in [3.05, 3.63) is 71.5 Å². The molecule has 134 valence electrons. The van der Waals surface area contributed by atoms with E-state index in [4.69, 9.17) is 0 Å². The number of benzene rings is 2. The van der Waals surface area contributed by atoms with Crippen LogP contribution >= 0.6 is 0 Å². The molecule has 7 heteroatoms. The maximum atomic E-state index is 13.1. The molecule has 25 heavy (non-hydrogen) atoms. The van der Waals surface area contributed by atoms with E-state index in [1.165, 1.54) is 24.3 Å². The molecule has 0 radical (unpaired) electrons. The molecular formula is C18H21FN2O3S. The van der Waals surface area contributed by atoms with Gasteiger partial charge in [-0.05, 0) is 30.2 Å². The highest BCUT2D eigenvalue weighted by Crippen LogP contribution is 2.19. The van der Waals surface area contributed by atoms with Crippen molar-refractivity contribution in [1.82, 2.24) is 10.0 Å². The number of hydrogen-bond acceptors (Lipinski definition) is 3. The fourth-order valence-corrected chi connectivity index (χ4v) is 3.23. The van der Waals surface area contributed by atoms with Crippen LogP contribution in [-0.2, 0) is 14.8 Å². The second kappa shape index (κ2) is 8.22. The van der Waals surface area contributed by atoms with Crippen molar-refractivity contribution in [3.63, 3.8) is 0 Å². The minimum absolute atomic E-state index is 0.0874. The van der Waals surface area contributed by atoms with Crippen molar-refractivity contribution in [2.45, 2.75) is 25.4 Å². The first kappa shape index (κ1) is 19.1. The SMILES string of the molecule is C[C@H](NC(=O)C[C@H](NS(C)(=O)=O)c1ccc(F)cc1)c1ccccc1. The first-order chi connectivity index (χ1) is 11.7. The minimum atomic E-state index is -3.53. The average molecular weight is 364 g/mol. The summed E-state index contributed by atoms with van der Waals surface area (Å²) in [5, 5.41) is 2.85. The Kier molecular flexibility index (Phi) is 6.27. The molecule has 5 nitrogen and oxygen atoms in total. The largest absolute Gasteiger partial charge is 0.350 e. The molecule has 2 N–H and O–H groups in total. The lowest BCUT2D eigenvalue weighted by Gasteiger charge is -2.20. The van der Waals surface area contributed by atoms with Gasteiger partial charge in [0.2, 0.25) is 15.9 Å². The molecule has 0 saturated carbocycles. The van der Waals surface area contributed by atoms with Crippen molar-refractivity contribution in [1.29, 1.82) is 0 Å². The normalized spacial score (nSPS) is 13.9. The fourth-order valence-electron chi connectivity index (χ4n) is 2.49. The second-order valence-electron chi connectivity index (χ2n) is 5.90. The Balaban J connectivity index is 2.10. The van der Waals surface area contributed by atoms with Crippen molar-refractivity contribution < 1.29 is 17.6 Å². The molecule has 2 aromatic carbocycles. The number of carbonyl (C=O) groups excluding carboxylic acids is 1. The van der Waals surface area contributed by atoms with E-state index in [2.05, 4.69) is 10.0 Å². The highest BCUT2D eigenvalue weighted by Gasteiger charge is 2.21. The van der Waals surface area contributed by atoms with Gasteiger partial charge in [0.15, 0.2) is 0 Å². The average Bonchev–Trinajstić information content (AvgIpc) is 2.54. The molecule has 2 aromatic rings. The van der Waals surface area contributed by atoms with Crippen LogP contribution in [0.3, 0.4) is 0 Å². The summed E-state index contributed by atoms with van der Waals surface area (Å²) in [4.78, 5) is 12.3. The van der Waals surface area contributed by atoms with Crippen LogP contribution in [0, 0.1) is 5.82 Å². The third kappa shape index (κ3) is 6.28. The van der Waals surface area contributed by atoms with Gasteiger partial charge in [-0.2, -0.15) is 0 Å². The quantitative estimate of drug-likeness (QED) is 0.793. The summed E-state index contributed by atoms with van der Waals surface area (Å²) in [6.45, 7) is 1.85. The smallest absolute Gasteiger partial charge is 0.222 e. The lowest BCUT2D eigenvalue weighted by Crippen LogP contribution is -2.34. The van der Waals surface area contributed by atoms with Crippen LogP contribution in [0.15, 0.2) is 54.6 Å². The molecule has 0 bridgehead atoms. The van der Waals surface area contributed by atoms with E-state index in [0.29, 0.717) is 5.56 Å². The first-order valence-electron chi connectivity index (χ1n) is 7.81. The number of hydrogen-bond donors (Lipinski definition) is 2. The zero-order chi connectivity index (χ0) is 18.4. The van der Waals surface area contributed by atoms with Crippen LogP contribution < -0.4 is 10.0 Å². The predicted molar refractivity (Wildman–Crippen MR) is 94.7 cm³/mol. The molecule has 0 saturated heterocycles. The molecule has 0 fully saturated rings. The zero-order valence-electron chi connectivity index (χ0n) is 14.1. The summed E-state index contributed by atoms with van der Waals surface area (Å²) in [6, 6.07) is 13.9.